The normalized spacial score (nSPS) is 12.7. The van der Waals surface area contributed by atoms with Crippen molar-refractivity contribution in [3.8, 4) is 0 Å². The molecule has 3 rings (SSSR count). The molecule has 0 aromatic heterocycles. The lowest BCUT2D eigenvalue weighted by Crippen LogP contribution is -2.34. The van der Waals surface area contributed by atoms with Gasteiger partial charge in [-0.2, -0.15) is 0 Å². The third-order valence-electron chi connectivity index (χ3n) is 5.42. The van der Waals surface area contributed by atoms with Crippen LogP contribution < -0.4 is 10.6 Å². The van der Waals surface area contributed by atoms with Crippen LogP contribution >= 0.6 is 0 Å². The number of ketones is 1. The van der Waals surface area contributed by atoms with E-state index in [0.29, 0.717) is 11.1 Å². The molecule has 2 aromatic rings. The molecule has 0 aliphatic heterocycles. The number of rotatable bonds is 8. The molecule has 0 spiro atoms. The molecule has 0 saturated carbocycles. The Morgan fingerprint density at radius 1 is 0.867 bits per heavy atom. The van der Waals surface area contributed by atoms with Crippen molar-refractivity contribution in [3.05, 3.63) is 70.0 Å². The lowest BCUT2D eigenvalue weighted by Gasteiger charge is -2.16. The summed E-state index contributed by atoms with van der Waals surface area (Å²) in [6.45, 7) is 2.09. The van der Waals surface area contributed by atoms with E-state index in [1.165, 1.54) is 23.6 Å². The van der Waals surface area contributed by atoms with E-state index >= 15 is 0 Å². The van der Waals surface area contributed by atoms with E-state index in [2.05, 4.69) is 10.6 Å². The zero-order valence-corrected chi connectivity index (χ0v) is 17.2. The number of fused-ring (bicyclic) bond motifs is 1. The molecule has 2 amide bonds. The van der Waals surface area contributed by atoms with Crippen molar-refractivity contribution in [3.63, 3.8) is 0 Å². The average Bonchev–Trinajstić information content (AvgIpc) is 2.76. The second kappa shape index (κ2) is 10.1. The van der Waals surface area contributed by atoms with E-state index in [4.69, 9.17) is 0 Å². The van der Waals surface area contributed by atoms with E-state index in [0.717, 1.165) is 19.3 Å². The van der Waals surface area contributed by atoms with Crippen LogP contribution in [0.15, 0.2) is 36.4 Å². The van der Waals surface area contributed by atoms with Gasteiger partial charge in [0, 0.05) is 37.1 Å². The number of Topliss-reactive ketones (excluding diaryl/α,β-unsaturated/α-hetero) is 1. The van der Waals surface area contributed by atoms with Crippen LogP contribution in [0.4, 0.5) is 4.39 Å². The number of halogens is 1. The third-order valence-corrected chi connectivity index (χ3v) is 5.42. The van der Waals surface area contributed by atoms with Crippen LogP contribution in [0, 0.1) is 12.7 Å². The van der Waals surface area contributed by atoms with Gasteiger partial charge in [0.15, 0.2) is 5.78 Å². The third kappa shape index (κ3) is 5.75. The number of carbonyl (C=O) groups is 3. The van der Waals surface area contributed by atoms with Crippen molar-refractivity contribution in [1.29, 1.82) is 0 Å². The lowest BCUT2D eigenvalue weighted by molar-refractivity contribution is -0.121. The molecule has 2 aromatic carbocycles. The summed E-state index contributed by atoms with van der Waals surface area (Å²) in [5, 5.41) is 5.32. The molecule has 0 atom stereocenters. The van der Waals surface area contributed by atoms with Crippen molar-refractivity contribution in [2.75, 3.05) is 13.1 Å². The van der Waals surface area contributed by atoms with E-state index in [1.54, 1.807) is 19.1 Å². The number of hydrogen-bond acceptors (Lipinski definition) is 3. The maximum absolute atomic E-state index is 13.5. The van der Waals surface area contributed by atoms with E-state index in [-0.39, 0.29) is 43.2 Å². The number of amides is 2. The summed E-state index contributed by atoms with van der Waals surface area (Å²) in [4.78, 5) is 36.4. The first-order valence-electron chi connectivity index (χ1n) is 10.4. The summed E-state index contributed by atoms with van der Waals surface area (Å²) in [5.74, 6) is -1.10. The Morgan fingerprint density at radius 2 is 1.57 bits per heavy atom. The van der Waals surface area contributed by atoms with Crippen LogP contribution in [-0.4, -0.2) is 30.7 Å². The maximum Gasteiger partial charge on any atom is 0.251 e. The van der Waals surface area contributed by atoms with Crippen molar-refractivity contribution in [2.24, 2.45) is 0 Å². The minimum absolute atomic E-state index is 0.0341. The molecule has 0 fully saturated rings. The molecule has 1 aliphatic rings. The topological polar surface area (TPSA) is 75.3 Å². The molecule has 0 bridgehead atoms. The van der Waals surface area contributed by atoms with Crippen LogP contribution in [0.5, 0.6) is 0 Å². The van der Waals surface area contributed by atoms with Gasteiger partial charge in [-0.25, -0.2) is 4.39 Å². The van der Waals surface area contributed by atoms with Crippen LogP contribution in [-0.2, 0) is 17.6 Å². The van der Waals surface area contributed by atoms with Gasteiger partial charge in [-0.15, -0.1) is 0 Å². The van der Waals surface area contributed by atoms with Gasteiger partial charge in [0.25, 0.3) is 5.91 Å². The van der Waals surface area contributed by atoms with E-state index < -0.39 is 11.7 Å². The monoisotopic (exact) mass is 410 g/mol. The van der Waals surface area contributed by atoms with Gasteiger partial charge in [0.2, 0.25) is 5.91 Å². The number of hydrogen-bond donors (Lipinski definition) is 2. The first-order chi connectivity index (χ1) is 14.4. The Bertz CT molecular complexity index is 955. The summed E-state index contributed by atoms with van der Waals surface area (Å²) in [5.41, 5.74) is 3.96. The van der Waals surface area contributed by atoms with Gasteiger partial charge in [-0.05, 0) is 67.5 Å². The van der Waals surface area contributed by atoms with Gasteiger partial charge in [-0.1, -0.05) is 18.2 Å². The van der Waals surface area contributed by atoms with Crippen molar-refractivity contribution in [1.82, 2.24) is 10.6 Å². The number of nitrogens with one attached hydrogen (secondary N) is 2. The molecule has 2 N–H and O–H groups in total. The molecule has 0 unspecified atom stereocenters. The molecule has 158 valence electrons. The highest BCUT2D eigenvalue weighted by Gasteiger charge is 2.14. The number of carbonyl (C=O) groups excluding carboxylic acids is 3. The summed E-state index contributed by atoms with van der Waals surface area (Å²) in [6.07, 6.45) is 4.69. The molecule has 0 heterocycles. The highest BCUT2D eigenvalue weighted by Crippen LogP contribution is 2.23. The molecule has 5 nitrogen and oxygen atoms in total. The first-order valence-corrected chi connectivity index (χ1v) is 10.4. The SMILES string of the molecule is Cc1ccc(C(=O)NCCNC(=O)CCC(=O)c2ccc3c(c2)CCCC3)cc1F. The molecular formula is C24H27FN2O3. The quantitative estimate of drug-likeness (QED) is 0.516. The second-order valence-corrected chi connectivity index (χ2v) is 7.68. The fraction of sp³-hybridized carbons (Fsp3) is 0.375. The van der Waals surface area contributed by atoms with Crippen LogP contribution in [0.3, 0.4) is 0 Å². The molecular weight excluding hydrogens is 383 g/mol. The minimum atomic E-state index is -0.431. The average molecular weight is 410 g/mol. The smallest absolute Gasteiger partial charge is 0.251 e. The highest BCUT2D eigenvalue weighted by atomic mass is 19.1. The Balaban J connectivity index is 1.37. The fourth-order valence-corrected chi connectivity index (χ4v) is 3.58. The first kappa shape index (κ1) is 21.7. The van der Waals surface area contributed by atoms with Crippen LogP contribution in [0.2, 0.25) is 0 Å². The Labute approximate surface area is 176 Å². The molecule has 0 radical (unpaired) electrons. The molecule has 6 heteroatoms. The standard InChI is InChI=1S/C24H27FN2O3/c1-16-6-7-20(15-21(16)25)24(30)27-13-12-26-23(29)11-10-22(28)19-9-8-17-4-2-3-5-18(17)14-19/h6-9,14-15H,2-5,10-13H2,1H3,(H,26,29)(H,27,30). The number of benzene rings is 2. The van der Waals surface area contributed by atoms with Gasteiger partial charge in [0.05, 0.1) is 0 Å². The molecule has 30 heavy (non-hydrogen) atoms. The summed E-state index contributed by atoms with van der Waals surface area (Å²) < 4.78 is 13.5. The zero-order valence-electron chi connectivity index (χ0n) is 17.2. The highest BCUT2D eigenvalue weighted by molar-refractivity contribution is 5.98. The van der Waals surface area contributed by atoms with Gasteiger partial charge >= 0.3 is 0 Å². The molecule has 0 saturated heterocycles. The van der Waals surface area contributed by atoms with Gasteiger partial charge in [-0.3, -0.25) is 14.4 Å². The predicted molar refractivity (Wildman–Crippen MR) is 113 cm³/mol. The fourth-order valence-electron chi connectivity index (χ4n) is 3.58. The summed E-state index contributed by atoms with van der Waals surface area (Å²) in [7, 11) is 0. The van der Waals surface area contributed by atoms with Crippen LogP contribution in [0.1, 0.15) is 63.1 Å². The Kier molecular flexibility index (Phi) is 7.33. The van der Waals surface area contributed by atoms with E-state index in [1.807, 2.05) is 18.2 Å². The molecule has 1 aliphatic carbocycles. The van der Waals surface area contributed by atoms with Crippen molar-refractivity contribution >= 4 is 17.6 Å². The lowest BCUT2D eigenvalue weighted by atomic mass is 9.89. The maximum atomic E-state index is 13.5. The zero-order chi connectivity index (χ0) is 21.5. The van der Waals surface area contributed by atoms with Crippen LogP contribution in [0.25, 0.3) is 0 Å². The van der Waals surface area contributed by atoms with Crippen molar-refractivity contribution < 1.29 is 18.8 Å². The van der Waals surface area contributed by atoms with Crippen molar-refractivity contribution in [2.45, 2.75) is 45.4 Å². The van der Waals surface area contributed by atoms with Gasteiger partial charge in [0.1, 0.15) is 5.82 Å². The van der Waals surface area contributed by atoms with E-state index in [9.17, 15) is 18.8 Å². The Hall–Kier alpha value is -3.02. The largest absolute Gasteiger partial charge is 0.354 e. The number of aryl methyl sites for hydroxylation is 3. The Morgan fingerprint density at radius 3 is 2.33 bits per heavy atom. The predicted octanol–water partition coefficient (Wildman–Crippen LogP) is 3.52. The summed E-state index contributed by atoms with van der Waals surface area (Å²) >= 11 is 0. The summed E-state index contributed by atoms with van der Waals surface area (Å²) in [6, 6.07) is 10.1. The van der Waals surface area contributed by atoms with Gasteiger partial charge < -0.3 is 10.6 Å². The minimum Gasteiger partial charge on any atom is -0.354 e. The second-order valence-electron chi connectivity index (χ2n) is 7.68.